The van der Waals surface area contributed by atoms with E-state index in [-0.39, 0.29) is 12.2 Å². The molecule has 0 aliphatic heterocycles. The van der Waals surface area contributed by atoms with Gasteiger partial charge in [-0.25, -0.2) is 0 Å². The van der Waals surface area contributed by atoms with Crippen LogP contribution in [-0.2, 0) is 9.47 Å². The molecule has 0 aliphatic rings. The van der Waals surface area contributed by atoms with Gasteiger partial charge >= 0.3 is 0 Å². The maximum Gasteiger partial charge on any atom is 0.0757 e. The van der Waals surface area contributed by atoms with Crippen LogP contribution in [0, 0.1) is 0 Å². The summed E-state index contributed by atoms with van der Waals surface area (Å²) in [6.45, 7) is 8.90. The average Bonchev–Trinajstić information content (AvgIpc) is 2.44. The van der Waals surface area contributed by atoms with Gasteiger partial charge < -0.3 is 9.47 Å². The smallest absolute Gasteiger partial charge is 0.0757 e. The minimum atomic E-state index is 0.188. The SMILES string of the molecule is C=CC(CCCCC)OC/C=C\C(CCCC)OC. The molecule has 0 aliphatic carbocycles. The van der Waals surface area contributed by atoms with Crippen LogP contribution < -0.4 is 0 Å². The summed E-state index contributed by atoms with van der Waals surface area (Å²) in [6.07, 6.45) is 14.8. The molecule has 2 heteroatoms. The molecule has 0 radical (unpaired) electrons. The molecule has 0 N–H and O–H groups in total. The summed E-state index contributed by atoms with van der Waals surface area (Å²) in [5.74, 6) is 0. The highest BCUT2D eigenvalue weighted by Gasteiger charge is 2.03. The molecule has 0 aromatic heterocycles. The predicted octanol–water partition coefficient (Wildman–Crippen LogP) is 4.90. The first-order valence-electron chi connectivity index (χ1n) is 7.72. The Labute approximate surface area is 119 Å². The lowest BCUT2D eigenvalue weighted by Crippen LogP contribution is -2.11. The Bertz CT molecular complexity index is 223. The van der Waals surface area contributed by atoms with Crippen molar-refractivity contribution in [3.63, 3.8) is 0 Å². The highest BCUT2D eigenvalue weighted by Crippen LogP contribution is 2.09. The van der Waals surface area contributed by atoms with Gasteiger partial charge in [-0.05, 0) is 12.8 Å². The minimum Gasteiger partial charge on any atom is -0.377 e. The molecule has 2 atom stereocenters. The van der Waals surface area contributed by atoms with E-state index in [1.807, 2.05) is 6.08 Å². The topological polar surface area (TPSA) is 18.5 Å². The molecular weight excluding hydrogens is 236 g/mol. The summed E-state index contributed by atoms with van der Waals surface area (Å²) >= 11 is 0. The number of rotatable bonds is 13. The van der Waals surface area contributed by atoms with Crippen LogP contribution in [0.15, 0.2) is 24.8 Å². The van der Waals surface area contributed by atoms with Gasteiger partial charge in [0.2, 0.25) is 0 Å². The maximum absolute atomic E-state index is 5.78. The third kappa shape index (κ3) is 11.0. The highest BCUT2D eigenvalue weighted by molar-refractivity contribution is 4.90. The Balaban J connectivity index is 3.79. The third-order valence-electron chi connectivity index (χ3n) is 3.26. The molecule has 0 fully saturated rings. The van der Waals surface area contributed by atoms with Crippen LogP contribution in [0.2, 0.25) is 0 Å². The van der Waals surface area contributed by atoms with Crippen LogP contribution in [0.25, 0.3) is 0 Å². The monoisotopic (exact) mass is 268 g/mol. The normalized spacial score (nSPS) is 14.7. The predicted molar refractivity (Wildman–Crippen MR) is 83.5 cm³/mol. The summed E-state index contributed by atoms with van der Waals surface area (Å²) in [5, 5.41) is 0. The van der Waals surface area contributed by atoms with Crippen molar-refractivity contribution in [2.24, 2.45) is 0 Å². The van der Waals surface area contributed by atoms with Gasteiger partial charge in [0.25, 0.3) is 0 Å². The van der Waals surface area contributed by atoms with Crippen molar-refractivity contribution in [2.45, 2.75) is 71.0 Å². The van der Waals surface area contributed by atoms with Gasteiger partial charge in [0.15, 0.2) is 0 Å². The molecule has 0 rings (SSSR count). The lowest BCUT2D eigenvalue weighted by Gasteiger charge is -2.13. The van der Waals surface area contributed by atoms with Crippen molar-refractivity contribution < 1.29 is 9.47 Å². The molecule has 0 saturated carbocycles. The zero-order valence-corrected chi connectivity index (χ0v) is 13.1. The van der Waals surface area contributed by atoms with Crippen molar-refractivity contribution in [3.05, 3.63) is 24.8 Å². The van der Waals surface area contributed by atoms with Gasteiger partial charge in [0.1, 0.15) is 0 Å². The number of unbranched alkanes of at least 4 members (excludes halogenated alkanes) is 3. The fourth-order valence-electron chi connectivity index (χ4n) is 1.95. The van der Waals surface area contributed by atoms with Gasteiger partial charge in [-0.1, -0.05) is 64.2 Å². The van der Waals surface area contributed by atoms with E-state index in [4.69, 9.17) is 9.47 Å². The molecule has 0 heterocycles. The standard InChI is InChI=1S/C17H32O2/c1-5-8-10-13-16(7-3)19-15-11-14-17(18-4)12-9-6-2/h7,11,14,16-17H,3,5-6,8-10,12-13,15H2,1-2,4H3/b14-11-. The van der Waals surface area contributed by atoms with Gasteiger partial charge in [-0.2, -0.15) is 0 Å². The van der Waals surface area contributed by atoms with Crippen LogP contribution in [0.5, 0.6) is 0 Å². The number of hydrogen-bond donors (Lipinski definition) is 0. The fourth-order valence-corrected chi connectivity index (χ4v) is 1.95. The van der Waals surface area contributed by atoms with Crippen LogP contribution >= 0.6 is 0 Å². The summed E-state index contributed by atoms with van der Waals surface area (Å²) in [6, 6.07) is 0. The van der Waals surface area contributed by atoms with Crippen LogP contribution in [0.3, 0.4) is 0 Å². The van der Waals surface area contributed by atoms with Crippen molar-refractivity contribution in [3.8, 4) is 0 Å². The Kier molecular flexibility index (Phi) is 13.4. The van der Waals surface area contributed by atoms with Crippen molar-refractivity contribution >= 4 is 0 Å². The fraction of sp³-hybridized carbons (Fsp3) is 0.765. The maximum atomic E-state index is 5.78. The highest BCUT2D eigenvalue weighted by atomic mass is 16.5. The molecule has 2 unspecified atom stereocenters. The third-order valence-corrected chi connectivity index (χ3v) is 3.26. The minimum absolute atomic E-state index is 0.188. The molecule has 2 nitrogen and oxygen atoms in total. The molecule has 0 aromatic rings. The first kappa shape index (κ1) is 18.4. The first-order chi connectivity index (χ1) is 9.28. The van der Waals surface area contributed by atoms with E-state index in [0.29, 0.717) is 6.61 Å². The quantitative estimate of drug-likeness (QED) is 0.349. The van der Waals surface area contributed by atoms with Crippen molar-refractivity contribution in [1.29, 1.82) is 0 Å². The van der Waals surface area contributed by atoms with Gasteiger partial charge in [-0.3, -0.25) is 0 Å². The Morgan fingerprint density at radius 3 is 2.26 bits per heavy atom. The van der Waals surface area contributed by atoms with Gasteiger partial charge in [0, 0.05) is 7.11 Å². The van der Waals surface area contributed by atoms with Gasteiger partial charge in [-0.15, -0.1) is 6.58 Å². The van der Waals surface area contributed by atoms with E-state index in [9.17, 15) is 0 Å². The molecule has 0 aromatic carbocycles. The average molecular weight is 268 g/mol. The molecular formula is C17H32O2. The van der Waals surface area contributed by atoms with E-state index >= 15 is 0 Å². The summed E-state index contributed by atoms with van der Waals surface area (Å²) in [4.78, 5) is 0. The zero-order chi connectivity index (χ0) is 14.3. The Morgan fingerprint density at radius 2 is 1.68 bits per heavy atom. The second-order valence-electron chi connectivity index (χ2n) is 4.95. The van der Waals surface area contributed by atoms with E-state index in [2.05, 4.69) is 32.6 Å². The largest absolute Gasteiger partial charge is 0.377 e. The van der Waals surface area contributed by atoms with E-state index in [0.717, 1.165) is 12.8 Å². The molecule has 0 amide bonds. The molecule has 112 valence electrons. The van der Waals surface area contributed by atoms with Crippen LogP contribution in [0.4, 0.5) is 0 Å². The van der Waals surface area contributed by atoms with E-state index in [1.54, 1.807) is 7.11 Å². The Morgan fingerprint density at radius 1 is 1.00 bits per heavy atom. The zero-order valence-electron chi connectivity index (χ0n) is 13.1. The second-order valence-corrected chi connectivity index (χ2v) is 4.95. The molecule has 19 heavy (non-hydrogen) atoms. The van der Waals surface area contributed by atoms with E-state index in [1.165, 1.54) is 32.1 Å². The molecule has 0 bridgehead atoms. The lowest BCUT2D eigenvalue weighted by atomic mass is 10.1. The number of hydrogen-bond acceptors (Lipinski definition) is 2. The van der Waals surface area contributed by atoms with Crippen molar-refractivity contribution in [2.75, 3.05) is 13.7 Å². The Hall–Kier alpha value is -0.600. The van der Waals surface area contributed by atoms with E-state index < -0.39 is 0 Å². The first-order valence-corrected chi connectivity index (χ1v) is 7.72. The number of ether oxygens (including phenoxy) is 2. The molecule has 0 saturated heterocycles. The van der Waals surface area contributed by atoms with Gasteiger partial charge in [0.05, 0.1) is 18.8 Å². The van der Waals surface area contributed by atoms with Crippen LogP contribution in [0.1, 0.15) is 58.8 Å². The lowest BCUT2D eigenvalue weighted by molar-refractivity contribution is 0.0981. The number of methoxy groups -OCH3 is 1. The summed E-state index contributed by atoms with van der Waals surface area (Å²) in [5.41, 5.74) is 0. The summed E-state index contributed by atoms with van der Waals surface area (Å²) in [7, 11) is 1.77. The molecule has 0 spiro atoms. The van der Waals surface area contributed by atoms with Crippen LogP contribution in [-0.4, -0.2) is 25.9 Å². The summed E-state index contributed by atoms with van der Waals surface area (Å²) < 4.78 is 11.2. The van der Waals surface area contributed by atoms with Crippen molar-refractivity contribution in [1.82, 2.24) is 0 Å². The second kappa shape index (κ2) is 13.8.